The van der Waals surface area contributed by atoms with Crippen molar-refractivity contribution >= 4 is 39.0 Å². The van der Waals surface area contributed by atoms with Crippen molar-refractivity contribution < 1.29 is 9.15 Å². The Balaban J connectivity index is 1.06. The van der Waals surface area contributed by atoms with Gasteiger partial charge in [0.15, 0.2) is 0 Å². The lowest BCUT2D eigenvalue weighted by atomic mass is 9.66. The molecule has 1 atom stereocenters. The van der Waals surface area contributed by atoms with E-state index in [1.165, 1.54) is 55.6 Å². The summed E-state index contributed by atoms with van der Waals surface area (Å²) < 4.78 is 13.5. The number of ether oxygens (including phenoxy) is 1. The van der Waals surface area contributed by atoms with E-state index in [1.54, 1.807) is 0 Å². The van der Waals surface area contributed by atoms with Gasteiger partial charge in [0, 0.05) is 44.5 Å². The largest absolute Gasteiger partial charge is 0.456 e. The highest BCUT2D eigenvalue weighted by Crippen LogP contribution is 2.63. The van der Waals surface area contributed by atoms with E-state index in [0.717, 1.165) is 72.8 Å². The fraction of sp³-hybridized carbons (Fsp3) is 0.0164. The Morgan fingerprint density at radius 2 is 0.828 bits per heavy atom. The van der Waals surface area contributed by atoms with Crippen LogP contribution >= 0.6 is 0 Å². The van der Waals surface area contributed by atoms with Crippen molar-refractivity contribution in [2.24, 2.45) is 0 Å². The highest BCUT2D eigenvalue weighted by atomic mass is 16.5. The second-order valence-corrected chi connectivity index (χ2v) is 17.1. The maximum absolute atomic E-state index is 6.88. The van der Waals surface area contributed by atoms with Gasteiger partial charge in [-0.15, -0.1) is 0 Å². The quantitative estimate of drug-likeness (QED) is 0.178. The number of hydrogen-bond donors (Lipinski definition) is 0. The van der Waals surface area contributed by atoms with Gasteiger partial charge in [0.25, 0.3) is 0 Å². The number of nitrogens with zero attached hydrogens (tertiary/aromatic N) is 1. The van der Waals surface area contributed by atoms with Gasteiger partial charge in [0.05, 0.1) is 5.41 Å². The second kappa shape index (κ2) is 13.3. The molecule has 0 amide bonds. The third kappa shape index (κ3) is 4.76. The molecule has 2 heterocycles. The van der Waals surface area contributed by atoms with E-state index in [2.05, 4.69) is 217 Å². The molecule has 298 valence electrons. The number of hydrogen-bond acceptors (Lipinski definition) is 3. The van der Waals surface area contributed by atoms with E-state index in [9.17, 15) is 0 Å². The van der Waals surface area contributed by atoms with Crippen LogP contribution in [0.25, 0.3) is 77.6 Å². The highest BCUT2D eigenvalue weighted by Gasteiger charge is 2.51. The van der Waals surface area contributed by atoms with Crippen LogP contribution in [0.3, 0.4) is 0 Å². The fourth-order valence-corrected chi connectivity index (χ4v) is 11.3. The van der Waals surface area contributed by atoms with Crippen LogP contribution in [0.4, 0.5) is 17.1 Å². The van der Waals surface area contributed by atoms with Gasteiger partial charge >= 0.3 is 0 Å². The average Bonchev–Trinajstić information content (AvgIpc) is 3.80. The molecule has 3 nitrogen and oxygen atoms in total. The number of fused-ring (bicyclic) bond motifs is 21. The Labute approximate surface area is 370 Å². The molecule has 10 aromatic carbocycles. The zero-order chi connectivity index (χ0) is 41.9. The lowest BCUT2D eigenvalue weighted by Gasteiger charge is -2.36. The number of benzene rings is 10. The smallest absolute Gasteiger partial charge is 0.143 e. The molecule has 14 rings (SSSR count). The maximum Gasteiger partial charge on any atom is 0.143 e. The van der Waals surface area contributed by atoms with Crippen LogP contribution in [0.15, 0.2) is 229 Å². The van der Waals surface area contributed by atoms with E-state index < -0.39 is 5.41 Å². The lowest BCUT2D eigenvalue weighted by Crippen LogP contribution is -2.29. The van der Waals surface area contributed by atoms with E-state index in [-0.39, 0.29) is 0 Å². The van der Waals surface area contributed by atoms with Crippen LogP contribution in [0, 0.1) is 0 Å². The molecule has 3 heteroatoms. The van der Waals surface area contributed by atoms with Crippen molar-refractivity contribution in [2.75, 3.05) is 4.90 Å². The summed E-state index contributed by atoms with van der Waals surface area (Å²) in [4.78, 5) is 2.41. The van der Waals surface area contributed by atoms with E-state index in [4.69, 9.17) is 9.15 Å². The Morgan fingerprint density at radius 3 is 1.59 bits per heavy atom. The number of anilines is 3. The van der Waals surface area contributed by atoms with Crippen molar-refractivity contribution in [1.82, 2.24) is 0 Å². The number of furan rings is 1. The standard InChI is InChI=1S/C61H37NO2/c1-2-16-38(17-3-1)62(39-30-32-43-45-21-8-13-27-56(45)63-57-28-14-10-23-47(57)50(43)36-39)40-31-34-54-51(37-40)42-19-5-4-18-41(42)44-20-6-11-25-52(44)61(54)53-26-12-7-24-49(53)59-55(61)35-33-48-46-22-9-15-29-58(46)64-60(48)59/h1-37H. The summed E-state index contributed by atoms with van der Waals surface area (Å²) in [5, 5.41) is 2.27. The van der Waals surface area contributed by atoms with Gasteiger partial charge in [0.2, 0.25) is 0 Å². The zero-order valence-corrected chi connectivity index (χ0v) is 34.6. The van der Waals surface area contributed by atoms with E-state index in [1.807, 2.05) is 12.1 Å². The number of para-hydroxylation sites is 4. The summed E-state index contributed by atoms with van der Waals surface area (Å²) in [6.07, 6.45) is 0. The molecule has 0 fully saturated rings. The molecular weight excluding hydrogens is 779 g/mol. The van der Waals surface area contributed by atoms with Crippen LogP contribution < -0.4 is 9.64 Å². The summed E-state index contributed by atoms with van der Waals surface area (Å²) >= 11 is 0. The van der Waals surface area contributed by atoms with E-state index in [0.29, 0.717) is 0 Å². The topological polar surface area (TPSA) is 25.6 Å². The maximum atomic E-state index is 6.88. The van der Waals surface area contributed by atoms with Crippen molar-refractivity contribution in [3.63, 3.8) is 0 Å². The molecule has 1 spiro atoms. The SMILES string of the molecule is c1ccc(N(c2ccc3c(c2)-c2ccccc2Oc2ccccc2-3)c2ccc3c(c2)-c2ccccc2-c2ccccc2C32c3ccccc3-c3c2ccc2c3oc3ccccc32)cc1. The molecule has 3 aliphatic rings. The van der Waals surface area contributed by atoms with Crippen LogP contribution in [-0.4, -0.2) is 0 Å². The predicted molar refractivity (Wildman–Crippen MR) is 261 cm³/mol. The molecule has 1 unspecified atom stereocenters. The van der Waals surface area contributed by atoms with Crippen LogP contribution in [0.1, 0.15) is 22.3 Å². The molecule has 0 saturated heterocycles. The Kier molecular flexibility index (Phi) is 7.32. The molecule has 64 heavy (non-hydrogen) atoms. The normalized spacial score (nSPS) is 14.8. The van der Waals surface area contributed by atoms with Crippen LogP contribution in [0.2, 0.25) is 0 Å². The molecule has 0 saturated carbocycles. The summed E-state index contributed by atoms with van der Waals surface area (Å²) in [7, 11) is 0. The summed E-state index contributed by atoms with van der Waals surface area (Å²) in [5.74, 6) is 1.71. The molecule has 0 radical (unpaired) electrons. The second-order valence-electron chi connectivity index (χ2n) is 17.1. The molecule has 1 aromatic heterocycles. The summed E-state index contributed by atoms with van der Waals surface area (Å²) in [6, 6.07) is 81.7. The van der Waals surface area contributed by atoms with Crippen molar-refractivity contribution in [1.29, 1.82) is 0 Å². The monoisotopic (exact) mass is 815 g/mol. The molecule has 2 aliphatic carbocycles. The van der Waals surface area contributed by atoms with Gasteiger partial charge in [-0.3, -0.25) is 0 Å². The zero-order valence-electron chi connectivity index (χ0n) is 34.6. The highest BCUT2D eigenvalue weighted by molar-refractivity contribution is 6.13. The van der Waals surface area contributed by atoms with Crippen molar-refractivity contribution in [2.45, 2.75) is 5.41 Å². The average molecular weight is 816 g/mol. The minimum atomic E-state index is -0.651. The first kappa shape index (κ1) is 35.2. The third-order valence-corrected chi connectivity index (χ3v) is 13.9. The molecule has 1 aliphatic heterocycles. The lowest BCUT2D eigenvalue weighted by molar-refractivity contribution is 0.488. The van der Waals surface area contributed by atoms with Gasteiger partial charge in [0.1, 0.15) is 22.7 Å². The summed E-state index contributed by atoms with van der Waals surface area (Å²) in [5.41, 5.74) is 21.0. The van der Waals surface area contributed by atoms with Gasteiger partial charge in [-0.05, 0) is 116 Å². The van der Waals surface area contributed by atoms with Crippen LogP contribution in [-0.2, 0) is 5.41 Å². The first-order valence-electron chi connectivity index (χ1n) is 22.0. The molecule has 0 N–H and O–H groups in total. The number of rotatable bonds is 3. The van der Waals surface area contributed by atoms with Gasteiger partial charge in [-0.1, -0.05) is 170 Å². The summed E-state index contributed by atoms with van der Waals surface area (Å²) in [6.45, 7) is 0. The minimum Gasteiger partial charge on any atom is -0.456 e. The molecule has 0 bridgehead atoms. The first-order chi connectivity index (χ1) is 31.8. The Morgan fingerprint density at radius 1 is 0.312 bits per heavy atom. The van der Waals surface area contributed by atoms with E-state index >= 15 is 0 Å². The molecule has 11 aromatic rings. The Bertz CT molecular complexity index is 3730. The van der Waals surface area contributed by atoms with Gasteiger partial charge in [-0.25, -0.2) is 0 Å². The van der Waals surface area contributed by atoms with Gasteiger partial charge < -0.3 is 14.1 Å². The van der Waals surface area contributed by atoms with Crippen LogP contribution in [0.5, 0.6) is 11.5 Å². The van der Waals surface area contributed by atoms with Crippen molar-refractivity contribution in [3.05, 3.63) is 247 Å². The Hall–Kier alpha value is -8.40. The van der Waals surface area contributed by atoms with Gasteiger partial charge in [-0.2, -0.15) is 0 Å². The first-order valence-corrected chi connectivity index (χ1v) is 22.0. The third-order valence-electron chi connectivity index (χ3n) is 13.9. The predicted octanol–water partition coefficient (Wildman–Crippen LogP) is 16.5. The minimum absolute atomic E-state index is 0.651. The molecular formula is C61H37NO2. The van der Waals surface area contributed by atoms with Crippen molar-refractivity contribution in [3.8, 4) is 67.1 Å². The fourth-order valence-electron chi connectivity index (χ4n) is 11.3.